The zero-order valence-corrected chi connectivity index (χ0v) is 10.9. The largest absolute Gasteiger partial charge is 0.467 e. The van der Waals surface area contributed by atoms with Crippen LogP contribution in [0.3, 0.4) is 0 Å². The predicted octanol–water partition coefficient (Wildman–Crippen LogP) is 2.73. The van der Waals surface area contributed by atoms with Crippen LogP contribution in [0.25, 0.3) is 0 Å². The van der Waals surface area contributed by atoms with Crippen LogP contribution >= 0.6 is 35.0 Å². The average Bonchev–Trinajstić information content (AvgIpc) is 2.31. The van der Waals surface area contributed by atoms with Gasteiger partial charge >= 0.3 is 6.01 Å². The van der Waals surface area contributed by atoms with Gasteiger partial charge in [-0.05, 0) is 35.5 Å². The molecule has 0 radical (unpaired) electrons. The van der Waals surface area contributed by atoms with Gasteiger partial charge in [0.05, 0.1) is 12.1 Å². The number of rotatable bonds is 3. The predicted molar refractivity (Wildman–Crippen MR) is 64.8 cm³/mol. The van der Waals surface area contributed by atoms with Crippen molar-refractivity contribution < 1.29 is 4.74 Å². The Balaban J connectivity index is 2.23. The third-order valence-electron chi connectivity index (χ3n) is 1.65. The molecule has 0 saturated heterocycles. The van der Waals surface area contributed by atoms with Crippen LogP contribution in [0.1, 0.15) is 0 Å². The first kappa shape index (κ1) is 12.3. The van der Waals surface area contributed by atoms with Crippen molar-refractivity contribution in [1.82, 2.24) is 19.9 Å². The number of methoxy groups -OCH3 is 1. The molecule has 2 heterocycles. The molecule has 17 heavy (non-hydrogen) atoms. The summed E-state index contributed by atoms with van der Waals surface area (Å²) in [5.74, 6) is 0. The molecule has 0 N–H and O–H groups in total. The average molecular weight is 289 g/mol. The fraction of sp³-hybridized carbons (Fsp3) is 0.111. The SMILES string of the molecule is COc1nc(Cl)nc(Sc2ccc(Cl)cn2)n1. The quantitative estimate of drug-likeness (QED) is 0.865. The van der Waals surface area contributed by atoms with Crippen molar-refractivity contribution in [3.63, 3.8) is 0 Å². The van der Waals surface area contributed by atoms with E-state index in [2.05, 4.69) is 19.9 Å². The van der Waals surface area contributed by atoms with Crippen LogP contribution in [-0.4, -0.2) is 27.0 Å². The second-order valence-corrected chi connectivity index (χ2v) is 4.55. The highest BCUT2D eigenvalue weighted by molar-refractivity contribution is 7.99. The Hall–Kier alpha value is -1.11. The fourth-order valence-corrected chi connectivity index (χ4v) is 1.97. The molecule has 0 bridgehead atoms. The smallest absolute Gasteiger partial charge is 0.321 e. The number of halogens is 2. The van der Waals surface area contributed by atoms with E-state index < -0.39 is 0 Å². The molecule has 0 atom stereocenters. The Labute approximate surface area is 112 Å². The van der Waals surface area contributed by atoms with Gasteiger partial charge in [0.25, 0.3) is 0 Å². The minimum atomic E-state index is 0.0771. The van der Waals surface area contributed by atoms with Gasteiger partial charge in [-0.15, -0.1) is 0 Å². The van der Waals surface area contributed by atoms with E-state index in [1.165, 1.54) is 18.9 Å². The molecule has 0 aliphatic heterocycles. The maximum atomic E-state index is 5.73. The van der Waals surface area contributed by atoms with Crippen LogP contribution in [0.15, 0.2) is 28.5 Å². The van der Waals surface area contributed by atoms with Gasteiger partial charge in [0.1, 0.15) is 5.03 Å². The van der Waals surface area contributed by atoms with Crippen molar-refractivity contribution in [2.75, 3.05) is 7.11 Å². The number of pyridine rings is 1. The van der Waals surface area contributed by atoms with Crippen LogP contribution in [0, 0.1) is 0 Å². The van der Waals surface area contributed by atoms with Crippen molar-refractivity contribution in [3.8, 4) is 6.01 Å². The fourth-order valence-electron chi connectivity index (χ4n) is 0.968. The number of aromatic nitrogens is 4. The molecule has 2 aromatic rings. The third kappa shape index (κ3) is 3.42. The lowest BCUT2D eigenvalue weighted by Crippen LogP contribution is -1.97. The third-order valence-corrected chi connectivity index (χ3v) is 2.85. The maximum absolute atomic E-state index is 5.73. The molecule has 0 unspecified atom stereocenters. The lowest BCUT2D eigenvalue weighted by Gasteiger charge is -2.02. The summed E-state index contributed by atoms with van der Waals surface area (Å²) in [5, 5.41) is 1.77. The van der Waals surface area contributed by atoms with E-state index in [1.54, 1.807) is 18.3 Å². The minimum absolute atomic E-state index is 0.0771. The summed E-state index contributed by atoms with van der Waals surface area (Å²) in [7, 11) is 1.46. The highest BCUT2D eigenvalue weighted by Gasteiger charge is 2.07. The van der Waals surface area contributed by atoms with E-state index in [0.29, 0.717) is 15.2 Å². The van der Waals surface area contributed by atoms with Crippen molar-refractivity contribution in [2.24, 2.45) is 0 Å². The van der Waals surface area contributed by atoms with Gasteiger partial charge in [-0.1, -0.05) is 11.6 Å². The topological polar surface area (TPSA) is 60.8 Å². The van der Waals surface area contributed by atoms with Crippen molar-refractivity contribution in [1.29, 1.82) is 0 Å². The van der Waals surface area contributed by atoms with E-state index in [-0.39, 0.29) is 11.3 Å². The number of ether oxygens (including phenoxy) is 1. The molecular formula is C9H6Cl2N4OS. The molecule has 0 aromatic carbocycles. The van der Waals surface area contributed by atoms with Crippen molar-refractivity contribution >= 4 is 35.0 Å². The lowest BCUT2D eigenvalue weighted by atomic mass is 10.5. The summed E-state index contributed by atoms with van der Waals surface area (Å²) in [6.07, 6.45) is 1.55. The first-order valence-corrected chi connectivity index (χ1v) is 5.99. The molecule has 0 saturated carbocycles. The number of nitrogens with zero attached hydrogens (tertiary/aromatic N) is 4. The van der Waals surface area contributed by atoms with Gasteiger partial charge in [0.15, 0.2) is 0 Å². The monoisotopic (exact) mass is 288 g/mol. The molecular weight excluding hydrogens is 283 g/mol. The van der Waals surface area contributed by atoms with E-state index in [9.17, 15) is 0 Å². The molecule has 0 amide bonds. The Morgan fingerprint density at radius 3 is 2.65 bits per heavy atom. The van der Waals surface area contributed by atoms with Crippen LogP contribution in [0.2, 0.25) is 10.3 Å². The molecule has 0 spiro atoms. The Bertz CT molecular complexity index is 523. The molecule has 0 aliphatic carbocycles. The zero-order valence-electron chi connectivity index (χ0n) is 8.59. The van der Waals surface area contributed by atoms with E-state index >= 15 is 0 Å². The van der Waals surface area contributed by atoms with E-state index in [1.807, 2.05) is 0 Å². The Morgan fingerprint density at radius 2 is 2.00 bits per heavy atom. The van der Waals surface area contributed by atoms with Gasteiger partial charge < -0.3 is 4.74 Å². The van der Waals surface area contributed by atoms with Crippen LogP contribution < -0.4 is 4.74 Å². The summed E-state index contributed by atoms with van der Waals surface area (Å²) in [6, 6.07) is 3.66. The summed E-state index contributed by atoms with van der Waals surface area (Å²) < 4.78 is 4.89. The first-order chi connectivity index (χ1) is 8.17. The van der Waals surface area contributed by atoms with Crippen molar-refractivity contribution in [3.05, 3.63) is 28.6 Å². The van der Waals surface area contributed by atoms with E-state index in [4.69, 9.17) is 27.9 Å². The summed E-state index contributed by atoms with van der Waals surface area (Å²) in [5.41, 5.74) is 0. The van der Waals surface area contributed by atoms with Gasteiger partial charge in [-0.25, -0.2) is 4.98 Å². The molecule has 8 heteroatoms. The van der Waals surface area contributed by atoms with Crippen LogP contribution in [0.5, 0.6) is 6.01 Å². The maximum Gasteiger partial charge on any atom is 0.321 e. The second-order valence-electron chi connectivity index (χ2n) is 2.79. The molecule has 0 fully saturated rings. The summed E-state index contributed by atoms with van der Waals surface area (Å²) >= 11 is 12.7. The highest BCUT2D eigenvalue weighted by atomic mass is 35.5. The van der Waals surface area contributed by atoms with Gasteiger partial charge in [0.2, 0.25) is 10.4 Å². The summed E-state index contributed by atoms with van der Waals surface area (Å²) in [4.78, 5) is 15.9. The lowest BCUT2D eigenvalue weighted by molar-refractivity contribution is 0.373. The Kier molecular flexibility index (Phi) is 3.98. The van der Waals surface area contributed by atoms with Gasteiger partial charge in [-0.2, -0.15) is 15.0 Å². The Morgan fingerprint density at radius 1 is 1.18 bits per heavy atom. The molecule has 88 valence electrons. The summed E-state index contributed by atoms with van der Waals surface area (Å²) in [6.45, 7) is 0. The van der Waals surface area contributed by atoms with Gasteiger partial charge in [0, 0.05) is 6.20 Å². The minimum Gasteiger partial charge on any atom is -0.467 e. The zero-order chi connectivity index (χ0) is 12.3. The normalized spacial score (nSPS) is 10.3. The molecule has 2 rings (SSSR count). The molecule has 0 aliphatic rings. The first-order valence-electron chi connectivity index (χ1n) is 4.42. The van der Waals surface area contributed by atoms with E-state index in [0.717, 1.165) is 0 Å². The molecule has 5 nitrogen and oxygen atoms in total. The van der Waals surface area contributed by atoms with Crippen LogP contribution in [-0.2, 0) is 0 Å². The number of hydrogen-bond donors (Lipinski definition) is 0. The molecule has 2 aromatic heterocycles. The standard InChI is InChI=1S/C9H6Cl2N4OS/c1-16-8-13-7(11)14-9(15-8)17-6-3-2-5(10)4-12-6/h2-4H,1H3. The highest BCUT2D eigenvalue weighted by Crippen LogP contribution is 2.25. The van der Waals surface area contributed by atoms with Crippen LogP contribution in [0.4, 0.5) is 0 Å². The number of hydrogen-bond acceptors (Lipinski definition) is 6. The van der Waals surface area contributed by atoms with Crippen molar-refractivity contribution in [2.45, 2.75) is 10.2 Å². The van der Waals surface area contributed by atoms with Gasteiger partial charge in [-0.3, -0.25) is 0 Å². The second kappa shape index (κ2) is 5.48.